The molecule has 0 heterocycles. The topological polar surface area (TPSA) is 37.3 Å². The van der Waals surface area contributed by atoms with Crippen LogP contribution in [-0.2, 0) is 0 Å². The summed E-state index contributed by atoms with van der Waals surface area (Å²) >= 11 is 0. The van der Waals surface area contributed by atoms with Gasteiger partial charge in [-0.25, -0.2) is 0 Å². The van der Waals surface area contributed by atoms with Gasteiger partial charge in [0, 0.05) is 11.5 Å². The van der Waals surface area contributed by atoms with Crippen LogP contribution in [0.4, 0.5) is 0 Å². The summed E-state index contributed by atoms with van der Waals surface area (Å²) in [6, 6.07) is 9.04. The first-order valence-corrected chi connectivity index (χ1v) is 4.40. The minimum absolute atomic E-state index is 0.00407. The molecule has 0 spiro atoms. The lowest BCUT2D eigenvalue weighted by molar-refractivity contribution is 0.0759. The monoisotopic (exact) mass is 178 g/mol. The third kappa shape index (κ3) is 2.39. The zero-order valence-electron chi connectivity index (χ0n) is 7.90. The normalized spacial score (nSPS) is 15.0. The molecule has 0 bridgehead atoms. The Kier molecular flexibility index (Phi) is 3.20. The van der Waals surface area contributed by atoms with Crippen LogP contribution in [0.3, 0.4) is 0 Å². The Bertz CT molecular complexity index is 277. The molecule has 2 atom stereocenters. The molecule has 0 aliphatic carbocycles. The maximum absolute atomic E-state index is 11.6. The molecule has 0 aliphatic rings. The second-order valence-corrected chi connectivity index (χ2v) is 3.26. The van der Waals surface area contributed by atoms with Crippen LogP contribution < -0.4 is 0 Å². The number of carbonyl (C=O) groups excluding carboxylic acids is 1. The minimum atomic E-state index is -0.590. The predicted molar refractivity (Wildman–Crippen MR) is 51.6 cm³/mol. The zero-order chi connectivity index (χ0) is 9.84. The average molecular weight is 178 g/mol. The molecule has 2 heteroatoms. The predicted octanol–water partition coefficient (Wildman–Crippen LogP) is 1.89. The number of aliphatic hydroxyl groups is 1. The molecule has 0 amide bonds. The van der Waals surface area contributed by atoms with Crippen LogP contribution in [0.1, 0.15) is 24.2 Å². The van der Waals surface area contributed by atoms with Gasteiger partial charge >= 0.3 is 0 Å². The van der Waals surface area contributed by atoms with E-state index in [1.165, 1.54) is 0 Å². The van der Waals surface area contributed by atoms with Gasteiger partial charge < -0.3 is 5.11 Å². The van der Waals surface area contributed by atoms with Crippen LogP contribution in [0, 0.1) is 5.92 Å². The number of hydrogen-bond donors (Lipinski definition) is 1. The van der Waals surface area contributed by atoms with Gasteiger partial charge in [-0.05, 0) is 6.92 Å². The summed E-state index contributed by atoms with van der Waals surface area (Å²) in [5.74, 6) is -0.335. The summed E-state index contributed by atoms with van der Waals surface area (Å²) in [5.41, 5.74) is 0.663. The quantitative estimate of drug-likeness (QED) is 0.717. The molecule has 0 unspecified atom stereocenters. The summed E-state index contributed by atoms with van der Waals surface area (Å²) in [4.78, 5) is 11.6. The van der Waals surface area contributed by atoms with Crippen molar-refractivity contribution in [2.75, 3.05) is 0 Å². The molecule has 0 aromatic heterocycles. The molecule has 70 valence electrons. The van der Waals surface area contributed by atoms with Crippen LogP contribution in [0.25, 0.3) is 0 Å². The van der Waals surface area contributed by atoms with Gasteiger partial charge in [-0.1, -0.05) is 37.3 Å². The van der Waals surface area contributed by atoms with Gasteiger partial charge in [0.05, 0.1) is 6.10 Å². The van der Waals surface area contributed by atoms with E-state index in [1.807, 2.05) is 18.2 Å². The Morgan fingerprint density at radius 2 is 1.77 bits per heavy atom. The third-order valence-electron chi connectivity index (χ3n) is 2.20. The van der Waals surface area contributed by atoms with E-state index in [2.05, 4.69) is 0 Å². The fraction of sp³-hybridized carbons (Fsp3) is 0.364. The standard InChI is InChI=1S/C11H14O2/c1-8(9(2)12)11(13)10-6-4-3-5-7-10/h3-9,12H,1-2H3/t8-,9+/m1/s1. The van der Waals surface area contributed by atoms with E-state index in [4.69, 9.17) is 0 Å². The SMILES string of the molecule is C[C@H](O)[C@@H](C)C(=O)c1ccccc1. The lowest BCUT2D eigenvalue weighted by Gasteiger charge is -2.12. The van der Waals surface area contributed by atoms with Crippen LogP contribution >= 0.6 is 0 Å². The van der Waals surface area contributed by atoms with Gasteiger partial charge in [0.1, 0.15) is 0 Å². The van der Waals surface area contributed by atoms with Crippen LogP contribution in [0.15, 0.2) is 30.3 Å². The minimum Gasteiger partial charge on any atom is -0.393 e. The van der Waals surface area contributed by atoms with E-state index in [0.717, 1.165) is 0 Å². The largest absolute Gasteiger partial charge is 0.393 e. The van der Waals surface area contributed by atoms with Gasteiger partial charge in [-0.2, -0.15) is 0 Å². The van der Waals surface area contributed by atoms with E-state index in [0.29, 0.717) is 5.56 Å². The summed E-state index contributed by atoms with van der Waals surface area (Å²) in [6.45, 7) is 3.37. The third-order valence-corrected chi connectivity index (χ3v) is 2.20. The van der Waals surface area contributed by atoms with Crippen molar-refractivity contribution in [3.8, 4) is 0 Å². The van der Waals surface area contributed by atoms with E-state index < -0.39 is 6.10 Å². The van der Waals surface area contributed by atoms with Crippen molar-refractivity contribution in [2.45, 2.75) is 20.0 Å². The fourth-order valence-electron chi connectivity index (χ4n) is 1.08. The molecule has 13 heavy (non-hydrogen) atoms. The van der Waals surface area contributed by atoms with Crippen molar-refractivity contribution in [2.24, 2.45) is 5.92 Å². The van der Waals surface area contributed by atoms with Gasteiger partial charge in [-0.3, -0.25) is 4.79 Å². The van der Waals surface area contributed by atoms with Crippen LogP contribution in [0.2, 0.25) is 0 Å². The molecule has 2 nitrogen and oxygen atoms in total. The van der Waals surface area contributed by atoms with E-state index in [9.17, 15) is 9.90 Å². The first kappa shape index (κ1) is 9.93. The van der Waals surface area contributed by atoms with Gasteiger partial charge in [0.15, 0.2) is 5.78 Å². The number of rotatable bonds is 3. The summed E-state index contributed by atoms with van der Waals surface area (Å²) in [7, 11) is 0. The van der Waals surface area contributed by atoms with Crippen molar-refractivity contribution in [3.63, 3.8) is 0 Å². The van der Waals surface area contributed by atoms with Crippen molar-refractivity contribution >= 4 is 5.78 Å². The molecule has 0 saturated carbocycles. The molecule has 0 aliphatic heterocycles. The number of benzene rings is 1. The highest BCUT2D eigenvalue weighted by molar-refractivity contribution is 5.97. The average Bonchev–Trinajstić information content (AvgIpc) is 2.17. The van der Waals surface area contributed by atoms with Crippen LogP contribution in [0.5, 0.6) is 0 Å². The Balaban J connectivity index is 2.80. The molecule has 1 aromatic carbocycles. The lowest BCUT2D eigenvalue weighted by atomic mass is 9.95. The first-order chi connectivity index (χ1) is 6.13. The highest BCUT2D eigenvalue weighted by Crippen LogP contribution is 2.11. The molecule has 0 fully saturated rings. The molecule has 0 saturated heterocycles. The molecular formula is C11H14O2. The van der Waals surface area contributed by atoms with Crippen molar-refractivity contribution in [3.05, 3.63) is 35.9 Å². The Hall–Kier alpha value is -1.15. The highest BCUT2D eigenvalue weighted by Gasteiger charge is 2.18. The molecule has 1 aromatic rings. The van der Waals surface area contributed by atoms with Crippen molar-refractivity contribution in [1.82, 2.24) is 0 Å². The molecule has 1 rings (SSSR count). The molecule has 0 radical (unpaired) electrons. The van der Waals surface area contributed by atoms with Gasteiger partial charge in [0.25, 0.3) is 0 Å². The number of Topliss-reactive ketones (excluding diaryl/α,β-unsaturated/α-hetero) is 1. The highest BCUT2D eigenvalue weighted by atomic mass is 16.3. The number of ketones is 1. The maximum atomic E-state index is 11.6. The van der Waals surface area contributed by atoms with Crippen molar-refractivity contribution in [1.29, 1.82) is 0 Å². The van der Waals surface area contributed by atoms with Crippen molar-refractivity contribution < 1.29 is 9.90 Å². The first-order valence-electron chi connectivity index (χ1n) is 4.40. The Morgan fingerprint density at radius 1 is 1.23 bits per heavy atom. The van der Waals surface area contributed by atoms with E-state index in [1.54, 1.807) is 26.0 Å². The zero-order valence-corrected chi connectivity index (χ0v) is 7.90. The number of aliphatic hydroxyl groups excluding tert-OH is 1. The second-order valence-electron chi connectivity index (χ2n) is 3.26. The number of hydrogen-bond acceptors (Lipinski definition) is 2. The second kappa shape index (κ2) is 4.19. The van der Waals surface area contributed by atoms with E-state index in [-0.39, 0.29) is 11.7 Å². The smallest absolute Gasteiger partial charge is 0.168 e. The van der Waals surface area contributed by atoms with Gasteiger partial charge in [0.2, 0.25) is 0 Å². The Labute approximate surface area is 78.2 Å². The lowest BCUT2D eigenvalue weighted by Crippen LogP contribution is -2.22. The molecular weight excluding hydrogens is 164 g/mol. The summed E-state index contributed by atoms with van der Waals surface area (Å²) in [5, 5.41) is 9.23. The Morgan fingerprint density at radius 3 is 2.23 bits per heavy atom. The number of carbonyl (C=O) groups is 1. The fourth-order valence-corrected chi connectivity index (χ4v) is 1.08. The van der Waals surface area contributed by atoms with Crippen LogP contribution in [-0.4, -0.2) is 17.0 Å². The maximum Gasteiger partial charge on any atom is 0.168 e. The van der Waals surface area contributed by atoms with Gasteiger partial charge in [-0.15, -0.1) is 0 Å². The summed E-state index contributed by atoms with van der Waals surface area (Å²) < 4.78 is 0. The van der Waals surface area contributed by atoms with E-state index >= 15 is 0 Å². The summed E-state index contributed by atoms with van der Waals surface area (Å²) in [6.07, 6.45) is -0.590. The molecule has 1 N–H and O–H groups in total.